The molecule has 1 rings (SSSR count). The van der Waals surface area contributed by atoms with Crippen molar-refractivity contribution in [2.45, 2.75) is 13.0 Å². The highest BCUT2D eigenvalue weighted by molar-refractivity contribution is 5.88. The number of nitrogens with zero attached hydrogens (tertiary/aromatic N) is 2. The number of aryl methyl sites for hydroxylation is 1. The third-order valence-corrected chi connectivity index (χ3v) is 1.76. The van der Waals surface area contributed by atoms with Crippen molar-refractivity contribution >= 4 is 5.97 Å². The Hall–Kier alpha value is -1.56. The Bertz CT molecular complexity index is 321. The normalized spacial score (nSPS) is 10.1. The lowest BCUT2D eigenvalue weighted by Crippen LogP contribution is -2.11. The molecule has 0 aliphatic heterocycles. The minimum Gasteiger partial charge on any atom is -0.493 e. The molecular weight excluding hydrogens is 188 g/mol. The van der Waals surface area contributed by atoms with Crippen LogP contribution in [-0.4, -0.2) is 39.7 Å². The number of aliphatic hydroxyl groups is 1. The molecule has 1 aromatic heterocycles. The Morgan fingerprint density at radius 2 is 2.43 bits per heavy atom. The summed E-state index contributed by atoms with van der Waals surface area (Å²) in [6.45, 7) is 0.364. The van der Waals surface area contributed by atoms with Crippen LogP contribution in [0.25, 0.3) is 0 Å². The van der Waals surface area contributed by atoms with Crippen molar-refractivity contribution in [3.05, 3.63) is 11.9 Å². The molecule has 0 unspecified atom stereocenters. The van der Waals surface area contributed by atoms with Crippen molar-refractivity contribution in [1.82, 2.24) is 9.78 Å². The number of carboxylic acids is 1. The number of carboxylic acid groups (broad SMARTS) is 1. The number of ether oxygens (including phenoxy) is 1. The fourth-order valence-electron chi connectivity index (χ4n) is 1.12. The molecule has 0 bridgehead atoms. The first-order valence-corrected chi connectivity index (χ1v) is 4.14. The van der Waals surface area contributed by atoms with Crippen LogP contribution in [0.4, 0.5) is 0 Å². The largest absolute Gasteiger partial charge is 0.493 e. The second kappa shape index (κ2) is 4.61. The molecule has 14 heavy (non-hydrogen) atoms. The lowest BCUT2D eigenvalue weighted by Gasteiger charge is -2.03. The average Bonchev–Trinajstić information content (AvgIpc) is 2.57. The minimum atomic E-state index is -1.09. The topological polar surface area (TPSA) is 84.6 Å². The predicted molar refractivity (Wildman–Crippen MR) is 47.4 cm³/mol. The maximum atomic E-state index is 10.8. The van der Waals surface area contributed by atoms with Crippen LogP contribution in [0.3, 0.4) is 0 Å². The molecular formula is C8H12N2O4. The Balaban J connectivity index is 2.92. The highest BCUT2D eigenvalue weighted by Crippen LogP contribution is 2.17. The van der Waals surface area contributed by atoms with E-state index in [2.05, 4.69) is 5.10 Å². The fraction of sp³-hybridized carbons (Fsp3) is 0.500. The number of aromatic nitrogens is 2. The number of aromatic carboxylic acids is 1. The first-order valence-electron chi connectivity index (χ1n) is 4.14. The summed E-state index contributed by atoms with van der Waals surface area (Å²) in [5.74, 6) is -0.854. The lowest BCUT2D eigenvalue weighted by atomic mass is 10.4. The Morgan fingerprint density at radius 1 is 1.71 bits per heavy atom. The van der Waals surface area contributed by atoms with Crippen molar-refractivity contribution in [3.63, 3.8) is 0 Å². The van der Waals surface area contributed by atoms with Gasteiger partial charge in [0, 0.05) is 13.2 Å². The predicted octanol–water partition coefficient (Wildman–Crippen LogP) is -0.0277. The van der Waals surface area contributed by atoms with E-state index in [-0.39, 0.29) is 18.1 Å². The summed E-state index contributed by atoms with van der Waals surface area (Å²) < 4.78 is 6.14. The number of carbonyl (C=O) groups is 1. The highest BCUT2D eigenvalue weighted by Gasteiger charge is 2.17. The summed E-state index contributed by atoms with van der Waals surface area (Å²) in [6.07, 6.45) is 1.81. The van der Waals surface area contributed by atoms with E-state index in [9.17, 15) is 4.79 Å². The molecule has 0 saturated carbocycles. The van der Waals surface area contributed by atoms with Crippen LogP contribution in [-0.2, 0) is 6.54 Å². The summed E-state index contributed by atoms with van der Waals surface area (Å²) in [4.78, 5) is 10.8. The van der Waals surface area contributed by atoms with E-state index in [0.717, 1.165) is 0 Å². The van der Waals surface area contributed by atoms with E-state index in [1.165, 1.54) is 18.0 Å². The van der Waals surface area contributed by atoms with Gasteiger partial charge in [-0.25, -0.2) is 4.79 Å². The van der Waals surface area contributed by atoms with Gasteiger partial charge in [-0.2, -0.15) is 5.10 Å². The number of hydrogen-bond acceptors (Lipinski definition) is 4. The molecule has 0 aliphatic rings. The number of hydrogen-bond donors (Lipinski definition) is 2. The molecule has 1 aromatic rings. The first-order chi connectivity index (χ1) is 6.70. The zero-order chi connectivity index (χ0) is 10.6. The Kier molecular flexibility index (Phi) is 3.47. The molecule has 0 aromatic carbocycles. The van der Waals surface area contributed by atoms with E-state index >= 15 is 0 Å². The van der Waals surface area contributed by atoms with E-state index < -0.39 is 5.97 Å². The number of aliphatic hydroxyl groups excluding tert-OH is 1. The van der Waals surface area contributed by atoms with Crippen LogP contribution >= 0.6 is 0 Å². The first kappa shape index (κ1) is 10.5. The van der Waals surface area contributed by atoms with Crippen LogP contribution in [0.2, 0.25) is 0 Å². The Morgan fingerprint density at radius 3 is 2.93 bits per heavy atom. The van der Waals surface area contributed by atoms with Crippen molar-refractivity contribution in [1.29, 1.82) is 0 Å². The summed E-state index contributed by atoms with van der Waals surface area (Å²) in [6, 6.07) is 0. The van der Waals surface area contributed by atoms with Gasteiger partial charge in [-0.3, -0.25) is 4.68 Å². The second-order valence-electron chi connectivity index (χ2n) is 2.67. The standard InChI is InChI=1S/C8H12N2O4/c1-14-6-5-9-10(3-2-4-11)7(6)8(12)13/h5,11H,2-4H2,1H3,(H,12,13). The third-order valence-electron chi connectivity index (χ3n) is 1.76. The molecule has 0 saturated heterocycles. The lowest BCUT2D eigenvalue weighted by molar-refractivity contribution is 0.0678. The Labute approximate surface area is 80.7 Å². The van der Waals surface area contributed by atoms with Crippen LogP contribution in [0.1, 0.15) is 16.9 Å². The summed E-state index contributed by atoms with van der Waals surface area (Å²) in [7, 11) is 1.39. The maximum absolute atomic E-state index is 10.8. The molecule has 0 fully saturated rings. The molecule has 0 aliphatic carbocycles. The summed E-state index contributed by atoms with van der Waals surface area (Å²) in [5, 5.41) is 21.3. The van der Waals surface area contributed by atoms with Crippen LogP contribution in [0.5, 0.6) is 5.75 Å². The van der Waals surface area contributed by atoms with E-state index in [4.69, 9.17) is 14.9 Å². The van der Waals surface area contributed by atoms with Gasteiger partial charge in [-0.1, -0.05) is 0 Å². The molecule has 6 heteroatoms. The molecule has 0 radical (unpaired) electrons. The molecule has 2 N–H and O–H groups in total. The van der Waals surface area contributed by atoms with Gasteiger partial charge in [-0.05, 0) is 6.42 Å². The molecule has 0 amide bonds. The SMILES string of the molecule is COc1cnn(CCCO)c1C(=O)O. The monoisotopic (exact) mass is 200 g/mol. The van der Waals surface area contributed by atoms with Gasteiger partial charge in [-0.15, -0.1) is 0 Å². The van der Waals surface area contributed by atoms with E-state index in [1.54, 1.807) is 0 Å². The van der Waals surface area contributed by atoms with Gasteiger partial charge < -0.3 is 14.9 Å². The van der Waals surface area contributed by atoms with Crippen molar-refractivity contribution in [3.8, 4) is 5.75 Å². The van der Waals surface area contributed by atoms with Crippen LogP contribution < -0.4 is 4.74 Å². The number of methoxy groups -OCH3 is 1. The summed E-state index contributed by atoms with van der Waals surface area (Å²) >= 11 is 0. The van der Waals surface area contributed by atoms with Crippen LogP contribution in [0.15, 0.2) is 6.20 Å². The van der Waals surface area contributed by atoms with Gasteiger partial charge in [0.1, 0.15) is 0 Å². The second-order valence-corrected chi connectivity index (χ2v) is 2.67. The van der Waals surface area contributed by atoms with Gasteiger partial charge in [0.15, 0.2) is 11.4 Å². The van der Waals surface area contributed by atoms with Gasteiger partial charge in [0.05, 0.1) is 13.3 Å². The molecule has 0 spiro atoms. The zero-order valence-electron chi connectivity index (χ0n) is 7.80. The summed E-state index contributed by atoms with van der Waals surface area (Å²) in [5.41, 5.74) is 0.0148. The quantitative estimate of drug-likeness (QED) is 0.697. The minimum absolute atomic E-state index is 0.00122. The third kappa shape index (κ3) is 2.02. The smallest absolute Gasteiger partial charge is 0.358 e. The average molecular weight is 200 g/mol. The van der Waals surface area contributed by atoms with Gasteiger partial charge in [0.25, 0.3) is 0 Å². The fourth-order valence-corrected chi connectivity index (χ4v) is 1.12. The zero-order valence-corrected chi connectivity index (χ0v) is 7.80. The van der Waals surface area contributed by atoms with E-state index in [0.29, 0.717) is 13.0 Å². The van der Waals surface area contributed by atoms with Crippen LogP contribution in [0, 0.1) is 0 Å². The molecule has 6 nitrogen and oxygen atoms in total. The highest BCUT2D eigenvalue weighted by atomic mass is 16.5. The maximum Gasteiger partial charge on any atom is 0.358 e. The number of rotatable bonds is 5. The van der Waals surface area contributed by atoms with Crippen molar-refractivity contribution < 1.29 is 19.7 Å². The van der Waals surface area contributed by atoms with Crippen molar-refractivity contribution in [2.24, 2.45) is 0 Å². The molecule has 0 atom stereocenters. The van der Waals surface area contributed by atoms with Gasteiger partial charge in [0.2, 0.25) is 0 Å². The van der Waals surface area contributed by atoms with E-state index in [1.807, 2.05) is 0 Å². The van der Waals surface area contributed by atoms with Crippen molar-refractivity contribution in [2.75, 3.05) is 13.7 Å². The van der Waals surface area contributed by atoms with Gasteiger partial charge >= 0.3 is 5.97 Å². The molecule has 1 heterocycles. The molecule has 78 valence electrons.